The van der Waals surface area contributed by atoms with E-state index in [0.29, 0.717) is 30.0 Å². The van der Waals surface area contributed by atoms with Gasteiger partial charge in [-0.25, -0.2) is 0 Å². The second kappa shape index (κ2) is 4.22. The lowest BCUT2D eigenvalue weighted by Gasteiger charge is -2.58. The van der Waals surface area contributed by atoms with Crippen LogP contribution >= 0.6 is 0 Å². The summed E-state index contributed by atoms with van der Waals surface area (Å²) in [5.74, 6) is 2.15. The van der Waals surface area contributed by atoms with Gasteiger partial charge in [-0.1, -0.05) is 32.4 Å². The molecule has 1 spiro atoms. The van der Waals surface area contributed by atoms with Crippen molar-refractivity contribution in [2.75, 3.05) is 0 Å². The third-order valence-corrected chi connectivity index (χ3v) is 7.72. The van der Waals surface area contributed by atoms with Gasteiger partial charge in [-0.05, 0) is 55.3 Å². The summed E-state index contributed by atoms with van der Waals surface area (Å²) in [5, 5.41) is 10.9. The fraction of sp³-hybridized carbons (Fsp3) is 0.842. The molecule has 2 bridgehead atoms. The van der Waals surface area contributed by atoms with E-state index in [4.69, 9.17) is 0 Å². The maximum atomic E-state index is 13.1. The van der Waals surface area contributed by atoms with Crippen molar-refractivity contribution in [1.29, 1.82) is 0 Å². The van der Waals surface area contributed by atoms with Crippen molar-refractivity contribution in [3.63, 3.8) is 0 Å². The SMILES string of the molecule is C=C1C[C@]23C(=O)C[C@@H]4[C@H](CCCC4(C)C)[C@H]2CC[C@H]1[C@@H]3O. The van der Waals surface area contributed by atoms with Crippen LogP contribution < -0.4 is 0 Å². The Hall–Kier alpha value is -0.630. The lowest BCUT2D eigenvalue weighted by atomic mass is 9.46. The summed E-state index contributed by atoms with van der Waals surface area (Å²) in [6, 6.07) is 0. The van der Waals surface area contributed by atoms with E-state index in [9.17, 15) is 9.90 Å². The Kier molecular flexibility index (Phi) is 2.81. The smallest absolute Gasteiger partial charge is 0.142 e. The van der Waals surface area contributed by atoms with E-state index in [0.717, 1.165) is 24.8 Å². The topological polar surface area (TPSA) is 37.3 Å². The molecule has 4 saturated carbocycles. The molecule has 4 fully saturated rings. The molecule has 2 nitrogen and oxygen atoms in total. The highest BCUT2D eigenvalue weighted by atomic mass is 16.3. The van der Waals surface area contributed by atoms with Gasteiger partial charge in [-0.15, -0.1) is 0 Å². The molecule has 0 aromatic heterocycles. The number of aliphatic hydroxyl groups excluding tert-OH is 1. The molecule has 116 valence electrons. The normalized spacial score (nSPS) is 51.5. The van der Waals surface area contributed by atoms with Crippen LogP contribution in [0.25, 0.3) is 0 Å². The zero-order chi connectivity index (χ0) is 15.0. The molecule has 0 radical (unpaired) electrons. The number of fused-ring (bicyclic) bond motifs is 3. The maximum absolute atomic E-state index is 13.1. The van der Waals surface area contributed by atoms with E-state index >= 15 is 0 Å². The average Bonchev–Trinajstić information content (AvgIpc) is 2.57. The number of hydrogen-bond donors (Lipinski definition) is 1. The van der Waals surface area contributed by atoms with Crippen molar-refractivity contribution in [1.82, 2.24) is 0 Å². The molecule has 0 aliphatic heterocycles. The number of carbonyl (C=O) groups excluding carboxylic acids is 1. The van der Waals surface area contributed by atoms with Crippen LogP contribution in [0.5, 0.6) is 0 Å². The van der Waals surface area contributed by atoms with Gasteiger partial charge in [-0.3, -0.25) is 4.79 Å². The molecule has 0 unspecified atom stereocenters. The molecule has 0 aromatic carbocycles. The summed E-state index contributed by atoms with van der Waals surface area (Å²) in [7, 11) is 0. The van der Waals surface area contributed by atoms with Crippen LogP contribution in [0.1, 0.15) is 58.8 Å². The summed E-state index contributed by atoms with van der Waals surface area (Å²) in [6.45, 7) is 8.89. The number of aliphatic hydroxyl groups is 1. The minimum absolute atomic E-state index is 0.193. The Balaban J connectivity index is 1.78. The highest BCUT2D eigenvalue weighted by Gasteiger charge is 2.66. The first-order valence-corrected chi connectivity index (χ1v) is 8.77. The van der Waals surface area contributed by atoms with Crippen LogP contribution in [0.3, 0.4) is 0 Å². The zero-order valence-electron chi connectivity index (χ0n) is 13.4. The molecule has 0 aromatic rings. The molecule has 4 aliphatic carbocycles. The average molecular weight is 288 g/mol. The molecule has 0 heterocycles. The second-order valence-corrected chi connectivity index (χ2v) is 8.89. The third-order valence-electron chi connectivity index (χ3n) is 7.72. The highest BCUT2D eigenvalue weighted by molar-refractivity contribution is 5.88. The Morgan fingerprint density at radius 2 is 1.95 bits per heavy atom. The van der Waals surface area contributed by atoms with Gasteiger partial charge in [0.1, 0.15) is 5.78 Å². The first kappa shape index (κ1) is 14.0. The standard InChI is InChI=1S/C19H28O2/c1-11-10-19-14(7-6-12(11)17(19)21)13-5-4-8-18(2,3)15(13)9-16(19)20/h12-15,17,21H,1,4-10H2,2-3H3/t12-,13-,14-,15-,17+,19-/m1/s1. The van der Waals surface area contributed by atoms with Crippen molar-refractivity contribution >= 4 is 5.78 Å². The van der Waals surface area contributed by atoms with Crippen molar-refractivity contribution in [2.45, 2.75) is 64.9 Å². The number of ketones is 1. The van der Waals surface area contributed by atoms with Gasteiger partial charge < -0.3 is 5.11 Å². The fourth-order valence-electron chi connectivity index (χ4n) is 6.65. The lowest BCUT2D eigenvalue weighted by molar-refractivity contribution is -0.168. The Labute approximate surface area is 128 Å². The summed E-state index contributed by atoms with van der Waals surface area (Å²) in [6.07, 6.45) is 7.00. The lowest BCUT2D eigenvalue weighted by Crippen LogP contribution is -2.59. The molecule has 21 heavy (non-hydrogen) atoms. The summed E-state index contributed by atoms with van der Waals surface area (Å²) in [5.41, 5.74) is 0.985. The van der Waals surface area contributed by atoms with Crippen LogP contribution in [0.15, 0.2) is 12.2 Å². The first-order chi connectivity index (χ1) is 9.88. The first-order valence-electron chi connectivity index (χ1n) is 8.77. The molecule has 4 rings (SSSR count). The Bertz CT molecular complexity index is 506. The molecule has 0 saturated heterocycles. The van der Waals surface area contributed by atoms with E-state index in [2.05, 4.69) is 20.4 Å². The van der Waals surface area contributed by atoms with Gasteiger partial charge >= 0.3 is 0 Å². The van der Waals surface area contributed by atoms with E-state index < -0.39 is 11.5 Å². The van der Waals surface area contributed by atoms with Crippen molar-refractivity contribution in [2.24, 2.45) is 34.5 Å². The molecule has 2 heteroatoms. The Morgan fingerprint density at radius 3 is 2.71 bits per heavy atom. The number of rotatable bonds is 0. The van der Waals surface area contributed by atoms with Crippen LogP contribution in [0.2, 0.25) is 0 Å². The minimum atomic E-state index is -0.450. The van der Waals surface area contributed by atoms with Gasteiger partial charge in [0, 0.05) is 12.3 Å². The second-order valence-electron chi connectivity index (χ2n) is 8.89. The Morgan fingerprint density at radius 1 is 1.19 bits per heavy atom. The number of hydrogen-bond acceptors (Lipinski definition) is 2. The van der Waals surface area contributed by atoms with Gasteiger partial charge in [0.25, 0.3) is 0 Å². The molecular weight excluding hydrogens is 260 g/mol. The van der Waals surface area contributed by atoms with E-state index in [1.165, 1.54) is 19.3 Å². The van der Waals surface area contributed by atoms with E-state index in [-0.39, 0.29) is 11.3 Å². The van der Waals surface area contributed by atoms with Crippen LogP contribution in [0, 0.1) is 34.5 Å². The monoisotopic (exact) mass is 288 g/mol. The molecule has 1 N–H and O–H groups in total. The summed E-state index contributed by atoms with van der Waals surface area (Å²) >= 11 is 0. The predicted octanol–water partition coefficient (Wildman–Crippen LogP) is 3.74. The molecular formula is C19H28O2. The zero-order valence-corrected chi connectivity index (χ0v) is 13.4. The quantitative estimate of drug-likeness (QED) is 0.690. The van der Waals surface area contributed by atoms with Crippen molar-refractivity contribution < 1.29 is 9.90 Å². The number of Topliss-reactive ketones (excluding diaryl/α,β-unsaturated/α-hetero) is 1. The van der Waals surface area contributed by atoms with Gasteiger partial charge in [0.15, 0.2) is 0 Å². The highest BCUT2D eigenvalue weighted by Crippen LogP contribution is 2.66. The van der Waals surface area contributed by atoms with Crippen LogP contribution in [0.4, 0.5) is 0 Å². The van der Waals surface area contributed by atoms with E-state index in [1.54, 1.807) is 0 Å². The molecule has 0 amide bonds. The third kappa shape index (κ3) is 1.60. The molecule has 4 aliphatic rings. The fourth-order valence-corrected chi connectivity index (χ4v) is 6.65. The van der Waals surface area contributed by atoms with Crippen molar-refractivity contribution in [3.8, 4) is 0 Å². The molecule has 6 atom stereocenters. The predicted molar refractivity (Wildman–Crippen MR) is 82.6 cm³/mol. The van der Waals surface area contributed by atoms with Crippen molar-refractivity contribution in [3.05, 3.63) is 12.2 Å². The summed E-state index contributed by atoms with van der Waals surface area (Å²) < 4.78 is 0. The van der Waals surface area contributed by atoms with Crippen LogP contribution in [-0.2, 0) is 4.79 Å². The van der Waals surface area contributed by atoms with E-state index in [1.807, 2.05) is 0 Å². The largest absolute Gasteiger partial charge is 0.391 e. The number of carbonyl (C=O) groups is 1. The van der Waals surface area contributed by atoms with Crippen LogP contribution in [-0.4, -0.2) is 17.0 Å². The summed E-state index contributed by atoms with van der Waals surface area (Å²) in [4.78, 5) is 13.1. The van der Waals surface area contributed by atoms with Gasteiger partial charge in [0.2, 0.25) is 0 Å². The van der Waals surface area contributed by atoms with Gasteiger partial charge in [-0.2, -0.15) is 0 Å². The minimum Gasteiger partial charge on any atom is -0.391 e. The van der Waals surface area contributed by atoms with Gasteiger partial charge in [0.05, 0.1) is 11.5 Å². The maximum Gasteiger partial charge on any atom is 0.142 e.